The van der Waals surface area contributed by atoms with Crippen LogP contribution in [0.4, 0.5) is 0 Å². The Hall–Kier alpha value is -6.85. The number of ether oxygens (including phenoxy) is 1. The molecule has 0 aliphatic carbocycles. The maximum absolute atomic E-state index is 14.8. The van der Waals surface area contributed by atoms with Gasteiger partial charge >= 0.3 is 5.97 Å². The lowest BCUT2D eigenvalue weighted by Gasteiger charge is -2.32. The number of carbonyl (C=O) groups is 11. The van der Waals surface area contributed by atoms with E-state index >= 15 is 0 Å². The molecule has 16 atom stereocenters. The van der Waals surface area contributed by atoms with E-state index in [0.717, 1.165) is 5.56 Å². The topological polar surface area (TPSA) is 454 Å². The fourth-order valence-electron chi connectivity index (χ4n) is 10.5. The summed E-state index contributed by atoms with van der Waals surface area (Å²) in [4.78, 5) is 157. The number of aliphatic hydroxyl groups excluding tert-OH is 1. The zero-order valence-electron chi connectivity index (χ0n) is 56.8. The van der Waals surface area contributed by atoms with E-state index in [-0.39, 0.29) is 45.3 Å². The maximum atomic E-state index is 14.8. The minimum absolute atomic E-state index is 0.0127. The molecule has 0 unspecified atom stereocenters. The number of esters is 1. The third-order valence-corrected chi connectivity index (χ3v) is 17.6. The van der Waals surface area contributed by atoms with Crippen molar-refractivity contribution in [3.05, 3.63) is 35.9 Å². The predicted molar refractivity (Wildman–Crippen MR) is 354 cm³/mol. The molecule has 0 bridgehead atoms. The molecule has 1 aromatic carbocycles. The first-order chi connectivity index (χ1) is 44.3. The molecule has 28 nitrogen and oxygen atoms in total. The average Bonchev–Trinajstić information content (AvgIpc) is 1.87. The molecule has 93 heavy (non-hydrogen) atoms. The number of likely N-dealkylation sites (N-methyl/N-ethyl adjacent to an activating group) is 1. The molecule has 2 rings (SSSR count). The Morgan fingerprint density at radius 1 is 0.505 bits per heavy atom. The highest BCUT2D eigenvalue weighted by Crippen LogP contribution is 2.19. The van der Waals surface area contributed by atoms with Crippen LogP contribution in [0.5, 0.6) is 0 Å². The smallest absolute Gasteiger partial charge is 0.329 e. The van der Waals surface area contributed by atoms with Crippen LogP contribution in [0.25, 0.3) is 0 Å². The second kappa shape index (κ2) is 44.7. The minimum Gasteiger partial charge on any atom is -0.458 e. The van der Waals surface area contributed by atoms with E-state index in [1.165, 1.54) is 6.92 Å². The molecule has 1 heterocycles. The summed E-state index contributed by atoms with van der Waals surface area (Å²) >= 11 is 0. The minimum atomic E-state index is -1.67. The molecule has 0 spiro atoms. The lowest BCUT2D eigenvalue weighted by molar-refractivity contribution is -0.157. The Morgan fingerprint density at radius 3 is 1.35 bits per heavy atom. The first-order valence-corrected chi connectivity index (χ1v) is 33.7. The first-order valence-electron chi connectivity index (χ1n) is 33.7. The standard InChI is InChI=1S/C65H115N15O13/c1-11-38(5)50(77-59(86)48(70-10)36-43-26-16-15-17-27-43)62(89)75-49(37-81)60(87)72-45(29-19-23-33-67)56(83)76-52(40(7)13-3)63(90)78-51(39(6)12-2)61(88)73-47(31-21-25-35-69)58(85)80-54-42(9)93-65(92)53(41(8)14-4)79-57(84)46(30-20-24-34-68)71-55(82)44(74-64(54)91)28-18-22-32-66/h15-17,26-27,38-42,44-54,70,81H,11-14,18-25,28-37,66-69H2,1-10H3,(H,71,82)(H,72,87)(H,73,88)(H,74,91)(H,75,89)(H,76,83)(H,77,86)(H,78,90)(H,79,84)(H,80,85)/t38-,39-,40-,41-,42-,44-,45+,46-,47-,48+,49-,50-,51-,52+,53-,54+/m0/s1. The van der Waals surface area contributed by atoms with Crippen molar-refractivity contribution < 1.29 is 62.6 Å². The van der Waals surface area contributed by atoms with Gasteiger partial charge in [0.05, 0.1) is 12.6 Å². The summed E-state index contributed by atoms with van der Waals surface area (Å²) in [6.45, 7) is 15.7. The number of unbranched alkanes of at least 4 members (excludes halogenated alkanes) is 4. The molecule has 1 aliphatic heterocycles. The molecule has 1 aromatic rings. The molecule has 0 saturated carbocycles. The zero-order valence-corrected chi connectivity index (χ0v) is 56.8. The molecule has 0 radical (unpaired) electrons. The fourth-order valence-corrected chi connectivity index (χ4v) is 10.5. The molecule has 10 amide bonds. The van der Waals surface area contributed by atoms with Crippen LogP contribution in [0.1, 0.15) is 171 Å². The van der Waals surface area contributed by atoms with Crippen LogP contribution < -0.4 is 81.4 Å². The van der Waals surface area contributed by atoms with Gasteiger partial charge in [0.2, 0.25) is 59.1 Å². The maximum Gasteiger partial charge on any atom is 0.329 e. The highest BCUT2D eigenvalue weighted by Gasteiger charge is 2.41. The number of nitrogens with two attached hydrogens (primary N) is 4. The normalized spacial score (nSPS) is 20.7. The first kappa shape index (κ1) is 82.2. The number of rotatable bonds is 42. The molecular weight excluding hydrogens is 1200 g/mol. The number of hydrogen-bond acceptors (Lipinski definition) is 18. The van der Waals surface area contributed by atoms with Crippen molar-refractivity contribution in [2.75, 3.05) is 39.8 Å². The Balaban J connectivity index is 2.54. The second-order valence-electron chi connectivity index (χ2n) is 24.8. The lowest BCUT2D eigenvalue weighted by atomic mass is 9.94. The predicted octanol–water partition coefficient (Wildman–Crippen LogP) is -0.697. The largest absolute Gasteiger partial charge is 0.458 e. The molecule has 0 aromatic heterocycles. The van der Waals surface area contributed by atoms with E-state index in [9.17, 15) is 57.8 Å². The van der Waals surface area contributed by atoms with E-state index in [1.807, 2.05) is 44.2 Å². The van der Waals surface area contributed by atoms with Crippen molar-refractivity contribution in [2.24, 2.45) is 46.6 Å². The van der Waals surface area contributed by atoms with E-state index in [1.54, 1.807) is 48.6 Å². The summed E-state index contributed by atoms with van der Waals surface area (Å²) in [5.41, 5.74) is 24.1. The van der Waals surface area contributed by atoms with Crippen LogP contribution in [0, 0.1) is 23.7 Å². The molecule has 528 valence electrons. The molecule has 1 fully saturated rings. The SMILES string of the molecule is CC[C@H](C)[C@H](NC(=O)[C@@H](Cc1ccccc1)NC)C(=O)N[C@@H](CO)C(=O)N[C@H](CCCCN)C(=O)N[C@@H](C(=O)N[C@H](C(=O)N[C@@H](CCCCN)C(=O)N[C@H]1C(=O)N[C@@H](CCCCN)C(=O)N[C@@H](CCCCN)C(=O)N[C@@H]([C@@H](C)CC)C(=O)O[C@H]1C)[C@@H](C)CC)[C@@H](C)CC. The van der Waals surface area contributed by atoms with Crippen LogP contribution in [0.3, 0.4) is 0 Å². The van der Waals surface area contributed by atoms with E-state index < -0.39 is 168 Å². The van der Waals surface area contributed by atoms with Crippen molar-refractivity contribution >= 4 is 65.0 Å². The van der Waals surface area contributed by atoms with Crippen molar-refractivity contribution in [2.45, 2.75) is 244 Å². The van der Waals surface area contributed by atoms with Crippen molar-refractivity contribution in [3.8, 4) is 0 Å². The second-order valence-corrected chi connectivity index (χ2v) is 24.8. The molecule has 28 heteroatoms. The van der Waals surface area contributed by atoms with Gasteiger partial charge in [0.1, 0.15) is 66.5 Å². The van der Waals surface area contributed by atoms with Crippen LogP contribution in [-0.4, -0.2) is 183 Å². The van der Waals surface area contributed by atoms with E-state index in [0.29, 0.717) is 90.0 Å². The van der Waals surface area contributed by atoms with Gasteiger partial charge in [-0.1, -0.05) is 111 Å². The summed E-state index contributed by atoms with van der Waals surface area (Å²) in [6.07, 6.45) is 4.20. The summed E-state index contributed by atoms with van der Waals surface area (Å²) in [7, 11) is 1.63. The summed E-state index contributed by atoms with van der Waals surface area (Å²) in [5.74, 6) is -10.5. The van der Waals surface area contributed by atoms with Gasteiger partial charge in [-0.3, -0.25) is 47.9 Å². The molecule has 1 aliphatic rings. The third kappa shape index (κ3) is 27.9. The fraction of sp³-hybridized carbons (Fsp3) is 0.738. The monoisotopic (exact) mass is 1310 g/mol. The number of hydrogen-bond donors (Lipinski definition) is 16. The number of carbonyl (C=O) groups excluding carboxylic acids is 11. The van der Waals surface area contributed by atoms with Gasteiger partial charge in [0.25, 0.3) is 0 Å². The van der Waals surface area contributed by atoms with Gasteiger partial charge in [-0.2, -0.15) is 0 Å². The van der Waals surface area contributed by atoms with Crippen LogP contribution in [0.15, 0.2) is 30.3 Å². The Labute approximate surface area is 550 Å². The van der Waals surface area contributed by atoms with Gasteiger partial charge in [-0.15, -0.1) is 0 Å². The summed E-state index contributed by atoms with van der Waals surface area (Å²) in [6, 6.07) is -4.64. The highest BCUT2D eigenvalue weighted by atomic mass is 16.5. The molecule has 20 N–H and O–H groups in total. The number of benzene rings is 1. The van der Waals surface area contributed by atoms with Gasteiger partial charge in [-0.05, 0) is 153 Å². The Bertz CT molecular complexity index is 2500. The quantitative estimate of drug-likeness (QED) is 0.0284. The summed E-state index contributed by atoms with van der Waals surface area (Å²) < 4.78 is 5.92. The van der Waals surface area contributed by atoms with Gasteiger partial charge in [0.15, 0.2) is 0 Å². The third-order valence-electron chi connectivity index (χ3n) is 17.6. The summed E-state index contributed by atoms with van der Waals surface area (Å²) in [5, 5.41) is 40.8. The highest BCUT2D eigenvalue weighted by molar-refractivity contribution is 5.99. The zero-order chi connectivity index (χ0) is 69.7. The number of amides is 10. The van der Waals surface area contributed by atoms with Crippen LogP contribution >= 0.6 is 0 Å². The van der Waals surface area contributed by atoms with Crippen molar-refractivity contribution in [1.29, 1.82) is 0 Å². The Kier molecular flexibility index (Phi) is 39.5. The van der Waals surface area contributed by atoms with Crippen molar-refractivity contribution in [3.63, 3.8) is 0 Å². The lowest BCUT2D eigenvalue weighted by Crippen LogP contribution is -2.63. The average molecular weight is 1310 g/mol. The van der Waals surface area contributed by atoms with Gasteiger partial charge in [0, 0.05) is 0 Å². The van der Waals surface area contributed by atoms with E-state index in [4.69, 9.17) is 27.7 Å². The number of aliphatic hydroxyl groups is 1. The van der Waals surface area contributed by atoms with Crippen LogP contribution in [0.2, 0.25) is 0 Å². The number of cyclic esters (lactones) is 1. The van der Waals surface area contributed by atoms with Crippen LogP contribution in [-0.2, 0) is 63.9 Å². The number of nitrogens with one attached hydrogen (secondary N) is 11. The van der Waals surface area contributed by atoms with E-state index in [2.05, 4.69) is 58.5 Å². The molecular formula is C65H115N15O13. The van der Waals surface area contributed by atoms with Gasteiger partial charge < -0.3 is 91.3 Å². The Morgan fingerprint density at radius 2 is 0.903 bits per heavy atom. The van der Waals surface area contributed by atoms with Gasteiger partial charge in [-0.25, -0.2) is 4.79 Å². The molecule has 1 saturated heterocycles. The van der Waals surface area contributed by atoms with Crippen molar-refractivity contribution in [1.82, 2.24) is 58.5 Å².